The summed E-state index contributed by atoms with van der Waals surface area (Å²) in [7, 11) is 0. The first kappa shape index (κ1) is 18.4. The van der Waals surface area contributed by atoms with Gasteiger partial charge in [0, 0.05) is 10.5 Å². The highest BCUT2D eigenvalue weighted by Gasteiger charge is 2.07. The highest BCUT2D eigenvalue weighted by molar-refractivity contribution is 9.10. The first-order chi connectivity index (χ1) is 12.4. The number of rotatable bonds is 5. The smallest absolute Gasteiger partial charge is 0.283 e. The van der Waals surface area contributed by atoms with Crippen LogP contribution in [0.1, 0.15) is 11.3 Å². The van der Waals surface area contributed by atoms with Gasteiger partial charge in [-0.2, -0.15) is 0 Å². The molecule has 0 atom stereocenters. The van der Waals surface area contributed by atoms with Crippen molar-refractivity contribution >= 4 is 27.5 Å². The van der Waals surface area contributed by atoms with Crippen molar-refractivity contribution in [3.63, 3.8) is 0 Å². The lowest BCUT2D eigenvalue weighted by Gasteiger charge is -2.11. The summed E-state index contributed by atoms with van der Waals surface area (Å²) in [6, 6.07) is 15.4. The third-order valence-corrected chi connectivity index (χ3v) is 4.35. The van der Waals surface area contributed by atoms with E-state index in [0.29, 0.717) is 32.7 Å². The van der Waals surface area contributed by atoms with Gasteiger partial charge in [-0.3, -0.25) is 4.79 Å². The van der Waals surface area contributed by atoms with Crippen molar-refractivity contribution in [2.75, 3.05) is 0 Å². The summed E-state index contributed by atoms with van der Waals surface area (Å²) < 4.78 is 12.8. The predicted octanol–water partition coefficient (Wildman–Crippen LogP) is 5.18. The molecule has 134 valence electrons. The minimum atomic E-state index is -0.487. The second-order valence-electron chi connectivity index (χ2n) is 5.61. The van der Waals surface area contributed by atoms with Gasteiger partial charge in [0.1, 0.15) is 23.9 Å². The molecule has 1 aromatic heterocycles. The molecule has 0 spiro atoms. The summed E-state index contributed by atoms with van der Waals surface area (Å²) in [5.41, 5.74) is 0.643. The lowest BCUT2D eigenvalue weighted by atomic mass is 10.2. The zero-order chi connectivity index (χ0) is 18.7. The Bertz CT molecular complexity index is 986. The van der Waals surface area contributed by atoms with Crippen molar-refractivity contribution < 1.29 is 14.7 Å². The van der Waals surface area contributed by atoms with Gasteiger partial charge < -0.3 is 14.7 Å². The van der Waals surface area contributed by atoms with Crippen LogP contribution < -0.4 is 15.0 Å². The van der Waals surface area contributed by atoms with E-state index in [-0.39, 0.29) is 6.61 Å². The van der Waals surface area contributed by atoms with Crippen molar-refractivity contribution in [2.24, 2.45) is 0 Å². The van der Waals surface area contributed by atoms with Gasteiger partial charge in [-0.25, -0.2) is 0 Å². The van der Waals surface area contributed by atoms with E-state index in [2.05, 4.69) is 15.9 Å². The fourth-order valence-corrected chi connectivity index (χ4v) is 3.02. The lowest BCUT2D eigenvalue weighted by Crippen LogP contribution is -2.21. The third kappa shape index (κ3) is 4.39. The molecule has 0 aliphatic carbocycles. The molecule has 0 aliphatic rings. The summed E-state index contributed by atoms with van der Waals surface area (Å²) in [5.74, 6) is 1.73. The van der Waals surface area contributed by atoms with Crippen LogP contribution in [0, 0.1) is 6.92 Å². The van der Waals surface area contributed by atoms with Crippen molar-refractivity contribution in [2.45, 2.75) is 13.5 Å². The summed E-state index contributed by atoms with van der Waals surface area (Å²) in [5, 5.41) is 10.2. The van der Waals surface area contributed by atoms with E-state index >= 15 is 0 Å². The average Bonchev–Trinajstić information content (AvgIpc) is 2.60. The molecule has 0 amide bonds. The SMILES string of the molecule is Cc1cc(COc2ccc(Oc3ccc(Br)cc3Cl)cc2)n(O)c(=O)c1. The van der Waals surface area contributed by atoms with Crippen LogP contribution in [-0.4, -0.2) is 9.94 Å². The van der Waals surface area contributed by atoms with Crippen LogP contribution in [0.15, 0.2) is 63.9 Å². The molecular formula is C19H15BrClNO4. The van der Waals surface area contributed by atoms with Crippen molar-refractivity contribution in [3.05, 3.63) is 85.7 Å². The quantitative estimate of drug-likeness (QED) is 0.560. The van der Waals surface area contributed by atoms with E-state index in [1.54, 1.807) is 49.4 Å². The monoisotopic (exact) mass is 435 g/mol. The van der Waals surface area contributed by atoms with Crippen LogP contribution in [0.3, 0.4) is 0 Å². The average molecular weight is 437 g/mol. The van der Waals surface area contributed by atoms with E-state index in [1.165, 1.54) is 6.07 Å². The van der Waals surface area contributed by atoms with Crippen molar-refractivity contribution in [1.82, 2.24) is 4.73 Å². The number of pyridine rings is 1. The molecule has 0 aliphatic heterocycles. The molecule has 1 N–H and O–H groups in total. The van der Waals surface area contributed by atoms with Gasteiger partial charge in [-0.1, -0.05) is 27.5 Å². The highest BCUT2D eigenvalue weighted by atomic mass is 79.9. The van der Waals surface area contributed by atoms with Gasteiger partial charge in [0.05, 0.1) is 10.7 Å². The van der Waals surface area contributed by atoms with E-state index in [4.69, 9.17) is 21.1 Å². The number of hydrogen-bond acceptors (Lipinski definition) is 4. The summed E-state index contributed by atoms with van der Waals surface area (Å²) in [6.45, 7) is 1.84. The summed E-state index contributed by atoms with van der Waals surface area (Å²) >= 11 is 9.48. The number of ether oxygens (including phenoxy) is 2. The summed E-state index contributed by atoms with van der Waals surface area (Å²) in [4.78, 5) is 11.6. The molecule has 7 heteroatoms. The largest absolute Gasteiger partial charge is 0.487 e. The van der Waals surface area contributed by atoms with Gasteiger partial charge in [0.25, 0.3) is 5.56 Å². The van der Waals surface area contributed by atoms with Crippen LogP contribution >= 0.6 is 27.5 Å². The van der Waals surface area contributed by atoms with Crippen LogP contribution in [-0.2, 0) is 6.61 Å². The van der Waals surface area contributed by atoms with Gasteiger partial charge in [0.2, 0.25) is 0 Å². The molecule has 3 rings (SSSR count). The van der Waals surface area contributed by atoms with Crippen LogP contribution in [0.5, 0.6) is 17.2 Å². The van der Waals surface area contributed by atoms with Crippen LogP contribution in [0.4, 0.5) is 0 Å². The third-order valence-electron chi connectivity index (χ3n) is 3.56. The standard InChI is InChI=1S/C19H15BrClNO4/c1-12-8-14(22(24)19(23)9-12)11-25-15-3-5-16(6-4-15)26-18-7-2-13(20)10-17(18)21/h2-10,24H,11H2,1H3. The maximum atomic E-state index is 11.6. The first-order valence-corrected chi connectivity index (χ1v) is 8.87. The molecule has 0 saturated heterocycles. The first-order valence-electron chi connectivity index (χ1n) is 7.70. The molecule has 0 fully saturated rings. The lowest BCUT2D eigenvalue weighted by molar-refractivity contribution is 0.147. The molecule has 3 aromatic rings. The second kappa shape index (κ2) is 7.85. The number of hydrogen-bond donors (Lipinski definition) is 1. The van der Waals surface area contributed by atoms with Crippen LogP contribution in [0.2, 0.25) is 5.02 Å². The molecule has 26 heavy (non-hydrogen) atoms. The van der Waals surface area contributed by atoms with Crippen molar-refractivity contribution in [3.8, 4) is 17.2 Å². The zero-order valence-electron chi connectivity index (χ0n) is 13.8. The number of nitrogens with zero attached hydrogens (tertiary/aromatic N) is 1. The number of aromatic nitrogens is 1. The van der Waals surface area contributed by atoms with E-state index < -0.39 is 5.56 Å². The van der Waals surface area contributed by atoms with Gasteiger partial charge in [-0.05, 0) is 61.0 Å². The molecule has 1 heterocycles. The predicted molar refractivity (Wildman–Crippen MR) is 103 cm³/mol. The maximum absolute atomic E-state index is 11.6. The molecule has 0 bridgehead atoms. The summed E-state index contributed by atoms with van der Waals surface area (Å²) in [6.07, 6.45) is 0. The molecular weight excluding hydrogens is 422 g/mol. The van der Waals surface area contributed by atoms with Gasteiger partial charge >= 0.3 is 0 Å². The topological polar surface area (TPSA) is 60.7 Å². The zero-order valence-corrected chi connectivity index (χ0v) is 16.1. The van der Waals surface area contributed by atoms with E-state index in [9.17, 15) is 10.0 Å². The molecule has 0 saturated carbocycles. The molecule has 0 unspecified atom stereocenters. The maximum Gasteiger partial charge on any atom is 0.283 e. The second-order valence-corrected chi connectivity index (χ2v) is 6.93. The Morgan fingerprint density at radius 1 is 1.08 bits per heavy atom. The van der Waals surface area contributed by atoms with Gasteiger partial charge in [0.15, 0.2) is 0 Å². The molecule has 0 radical (unpaired) electrons. The van der Waals surface area contributed by atoms with E-state index in [0.717, 1.165) is 10.0 Å². The normalized spacial score (nSPS) is 10.6. The Balaban J connectivity index is 1.67. The minimum absolute atomic E-state index is 0.0617. The highest BCUT2D eigenvalue weighted by Crippen LogP contribution is 2.32. The Hall–Kier alpha value is -2.44. The number of halogens is 2. The minimum Gasteiger partial charge on any atom is -0.487 e. The van der Waals surface area contributed by atoms with Crippen molar-refractivity contribution in [1.29, 1.82) is 0 Å². The van der Waals surface area contributed by atoms with Gasteiger partial charge in [-0.15, -0.1) is 4.73 Å². The number of benzene rings is 2. The fourth-order valence-electron chi connectivity index (χ4n) is 2.31. The Morgan fingerprint density at radius 3 is 2.46 bits per heavy atom. The molecule has 5 nitrogen and oxygen atoms in total. The van der Waals surface area contributed by atoms with E-state index in [1.807, 2.05) is 6.07 Å². The van der Waals surface area contributed by atoms with Crippen LogP contribution in [0.25, 0.3) is 0 Å². The Labute approximate surface area is 163 Å². The fraction of sp³-hybridized carbons (Fsp3) is 0.105. The number of aryl methyl sites for hydroxylation is 1. The Morgan fingerprint density at radius 2 is 1.77 bits per heavy atom. The Kier molecular flexibility index (Phi) is 5.54. The molecule has 2 aromatic carbocycles.